The quantitative estimate of drug-likeness (QED) is 0.0793. The van der Waals surface area contributed by atoms with Gasteiger partial charge < -0.3 is 14.7 Å². The summed E-state index contributed by atoms with van der Waals surface area (Å²) < 4.78 is 0. The van der Waals surface area contributed by atoms with E-state index >= 15 is 0 Å². The van der Waals surface area contributed by atoms with Crippen molar-refractivity contribution in [2.75, 3.05) is 14.7 Å². The predicted molar refractivity (Wildman–Crippen MR) is 339 cm³/mol. The first-order chi connectivity index (χ1) is 38.1. The molecule has 384 valence electrons. The van der Waals surface area contributed by atoms with E-state index in [1.54, 1.807) is 0 Å². The Hall–Kier alpha value is -9.18. The third kappa shape index (κ3) is 12.9. The molecule has 0 atom stereocenters. The number of anilines is 9. The minimum atomic E-state index is 0.474. The Morgan fingerprint density at radius 1 is 0.205 bits per heavy atom. The van der Waals surface area contributed by atoms with Gasteiger partial charge in [0.25, 0.3) is 0 Å². The summed E-state index contributed by atoms with van der Waals surface area (Å²) in [5, 5.41) is 0. The van der Waals surface area contributed by atoms with Gasteiger partial charge in [0.2, 0.25) is 0 Å². The summed E-state index contributed by atoms with van der Waals surface area (Å²) in [6.07, 6.45) is 13.3. The smallest absolute Gasteiger partial charge is 0.0462 e. The monoisotopic (exact) mass is 1010 g/mol. The van der Waals surface area contributed by atoms with Crippen molar-refractivity contribution in [1.82, 2.24) is 0 Å². The van der Waals surface area contributed by atoms with Crippen LogP contribution in [0.4, 0.5) is 51.2 Å². The molecule has 10 aromatic carbocycles. The summed E-state index contributed by atoms with van der Waals surface area (Å²) in [6.45, 7) is 13.4. The molecule has 10 rings (SSSR count). The van der Waals surface area contributed by atoms with Crippen molar-refractivity contribution in [3.8, 4) is 0 Å². The maximum Gasteiger partial charge on any atom is 0.0462 e. The van der Waals surface area contributed by atoms with Gasteiger partial charge in [0.15, 0.2) is 0 Å². The molecule has 0 unspecified atom stereocenters. The average molecular weight is 1010 g/mol. The second kappa shape index (κ2) is 24.7. The number of nitrogens with zero attached hydrogens (tertiary/aromatic N) is 3. The SMILES string of the molecule is CC(C)c1ccc(N(c2ccccc2)c2ccc(C=Cc3cc(C=Cc4ccc(N(c5ccccc5)c5ccc(C(C)C)cc5)cc4)cc(C=Cc4ccc(N(c5ccccc5)c5ccc(C(C)C)cc5)cc4)c3)cc2)cc1. The lowest BCUT2D eigenvalue weighted by Crippen LogP contribution is -2.09. The molecule has 0 radical (unpaired) electrons. The van der Waals surface area contributed by atoms with Gasteiger partial charge in [-0.15, -0.1) is 0 Å². The third-order valence-corrected chi connectivity index (χ3v) is 14.4. The number of benzene rings is 10. The van der Waals surface area contributed by atoms with Crippen LogP contribution >= 0.6 is 0 Å². The maximum absolute atomic E-state index is 2.32. The van der Waals surface area contributed by atoms with Crippen LogP contribution in [-0.2, 0) is 0 Å². The highest BCUT2D eigenvalue weighted by Gasteiger charge is 2.16. The summed E-state index contributed by atoms with van der Waals surface area (Å²) >= 11 is 0. The van der Waals surface area contributed by atoms with Crippen molar-refractivity contribution >= 4 is 87.6 Å². The van der Waals surface area contributed by atoms with Crippen molar-refractivity contribution < 1.29 is 0 Å². The third-order valence-electron chi connectivity index (χ3n) is 14.4. The molecule has 0 spiro atoms. The molecule has 0 bridgehead atoms. The van der Waals surface area contributed by atoms with Crippen molar-refractivity contribution in [2.24, 2.45) is 0 Å². The van der Waals surface area contributed by atoms with Gasteiger partial charge in [-0.1, -0.05) is 205 Å². The van der Waals surface area contributed by atoms with Crippen LogP contribution in [0.25, 0.3) is 36.5 Å². The van der Waals surface area contributed by atoms with E-state index in [9.17, 15) is 0 Å². The van der Waals surface area contributed by atoms with Gasteiger partial charge >= 0.3 is 0 Å². The molecule has 0 aliphatic rings. The number of rotatable bonds is 18. The van der Waals surface area contributed by atoms with Crippen LogP contribution in [0.5, 0.6) is 0 Å². The van der Waals surface area contributed by atoms with Crippen molar-refractivity contribution in [3.05, 3.63) is 305 Å². The van der Waals surface area contributed by atoms with Crippen LogP contribution in [0, 0.1) is 0 Å². The van der Waals surface area contributed by atoms with E-state index in [1.807, 2.05) is 0 Å². The lowest BCUT2D eigenvalue weighted by molar-refractivity contribution is 0.866. The summed E-state index contributed by atoms with van der Waals surface area (Å²) in [4.78, 5) is 6.97. The lowest BCUT2D eigenvalue weighted by atomic mass is 10.0. The zero-order valence-corrected chi connectivity index (χ0v) is 45.8. The molecule has 0 aromatic heterocycles. The zero-order chi connectivity index (χ0) is 53.8. The largest absolute Gasteiger partial charge is 0.311 e. The Morgan fingerprint density at radius 2 is 0.385 bits per heavy atom. The standard InChI is InChI=1S/C75H69N3/c1-55(2)64-34-46-73(47-35-64)76(67-16-10-7-11-17-67)70-40-28-58(29-41-70)22-25-61-52-62(26-23-59-30-42-71(43-31-59)77(68-18-12-8-13-19-68)74-48-36-65(37-49-74)56(3)4)54-63(53-61)27-24-60-32-44-72(45-33-60)78(69-20-14-9-15-21-69)75-50-38-66(39-51-75)57(5)6/h7-57H,1-6H3. The number of para-hydroxylation sites is 3. The van der Waals surface area contributed by atoms with Crippen LogP contribution in [-0.4, -0.2) is 0 Å². The van der Waals surface area contributed by atoms with Crippen LogP contribution in [0.15, 0.2) is 255 Å². The topological polar surface area (TPSA) is 9.72 Å². The minimum absolute atomic E-state index is 0.474. The van der Waals surface area contributed by atoms with Crippen LogP contribution in [0.2, 0.25) is 0 Å². The van der Waals surface area contributed by atoms with Crippen molar-refractivity contribution in [2.45, 2.75) is 59.3 Å². The van der Waals surface area contributed by atoms with Crippen molar-refractivity contribution in [3.63, 3.8) is 0 Å². The Kier molecular flexibility index (Phi) is 16.5. The van der Waals surface area contributed by atoms with Gasteiger partial charge in [-0.2, -0.15) is 0 Å². The van der Waals surface area contributed by atoms with Gasteiger partial charge in [0.05, 0.1) is 0 Å². The maximum atomic E-state index is 2.32. The molecular weight excluding hydrogens is 943 g/mol. The van der Waals surface area contributed by atoms with E-state index in [4.69, 9.17) is 0 Å². The summed E-state index contributed by atoms with van der Waals surface area (Å²) in [5.41, 5.74) is 20.8. The predicted octanol–water partition coefficient (Wildman–Crippen LogP) is 22.0. The molecule has 0 heterocycles. The highest BCUT2D eigenvalue weighted by atomic mass is 15.2. The van der Waals surface area contributed by atoms with E-state index in [2.05, 4.69) is 347 Å². The zero-order valence-electron chi connectivity index (χ0n) is 45.8. The van der Waals surface area contributed by atoms with Crippen LogP contribution < -0.4 is 14.7 Å². The molecule has 10 aromatic rings. The van der Waals surface area contributed by atoms with E-state index in [-0.39, 0.29) is 0 Å². The summed E-state index contributed by atoms with van der Waals surface area (Å²) in [7, 11) is 0. The van der Waals surface area contributed by atoms with Crippen LogP contribution in [0.3, 0.4) is 0 Å². The Morgan fingerprint density at radius 3 is 0.590 bits per heavy atom. The molecule has 0 aliphatic heterocycles. The van der Waals surface area contributed by atoms with E-state index in [0.29, 0.717) is 17.8 Å². The highest BCUT2D eigenvalue weighted by molar-refractivity contribution is 5.83. The van der Waals surface area contributed by atoms with Gasteiger partial charge in [-0.25, -0.2) is 0 Å². The molecule has 0 saturated heterocycles. The molecule has 0 N–H and O–H groups in total. The first-order valence-electron chi connectivity index (χ1n) is 27.5. The summed E-state index contributed by atoms with van der Waals surface area (Å²) in [5.74, 6) is 1.42. The molecule has 78 heavy (non-hydrogen) atoms. The van der Waals surface area contributed by atoms with E-state index < -0.39 is 0 Å². The second-order valence-corrected chi connectivity index (χ2v) is 21.0. The molecule has 0 amide bonds. The Bertz CT molecular complexity index is 3180. The molecule has 0 aliphatic carbocycles. The highest BCUT2D eigenvalue weighted by Crippen LogP contribution is 2.39. The average Bonchev–Trinajstić information content (AvgIpc) is 3.49. The Balaban J connectivity index is 0.942. The minimum Gasteiger partial charge on any atom is -0.311 e. The molecule has 0 saturated carbocycles. The summed E-state index contributed by atoms with van der Waals surface area (Å²) in [6, 6.07) is 92.0. The van der Waals surface area contributed by atoms with Gasteiger partial charge in [0, 0.05) is 51.2 Å². The molecule has 0 fully saturated rings. The first kappa shape index (κ1) is 52.3. The fraction of sp³-hybridized carbons (Fsp3) is 0.120. The fourth-order valence-corrected chi connectivity index (χ4v) is 9.87. The number of hydrogen-bond donors (Lipinski definition) is 0. The molecule has 3 nitrogen and oxygen atoms in total. The normalized spacial score (nSPS) is 11.7. The van der Waals surface area contributed by atoms with E-state index in [0.717, 1.165) is 84.6 Å². The van der Waals surface area contributed by atoms with E-state index in [1.165, 1.54) is 16.7 Å². The lowest BCUT2D eigenvalue weighted by Gasteiger charge is -2.26. The number of hydrogen-bond acceptors (Lipinski definition) is 3. The fourth-order valence-electron chi connectivity index (χ4n) is 9.87. The van der Waals surface area contributed by atoms with Crippen molar-refractivity contribution in [1.29, 1.82) is 0 Å². The second-order valence-electron chi connectivity index (χ2n) is 21.0. The first-order valence-corrected chi connectivity index (χ1v) is 27.5. The Labute approximate surface area is 464 Å². The van der Waals surface area contributed by atoms with Gasteiger partial charge in [-0.05, 0) is 195 Å². The van der Waals surface area contributed by atoms with Gasteiger partial charge in [0.1, 0.15) is 0 Å². The van der Waals surface area contributed by atoms with Gasteiger partial charge in [-0.3, -0.25) is 0 Å². The molecule has 3 heteroatoms. The molecular formula is C75H69N3. The van der Waals surface area contributed by atoms with Crippen LogP contribution in [0.1, 0.15) is 109 Å².